The second-order valence-electron chi connectivity index (χ2n) is 8.03. The van der Waals surface area contributed by atoms with Gasteiger partial charge >= 0.3 is 12.4 Å². The van der Waals surface area contributed by atoms with Crippen LogP contribution < -0.4 is 0 Å². The number of halogens is 8. The van der Waals surface area contributed by atoms with E-state index in [0.717, 1.165) is 6.33 Å². The van der Waals surface area contributed by atoms with Gasteiger partial charge in [0.15, 0.2) is 0 Å². The Bertz CT molecular complexity index is 1220. The van der Waals surface area contributed by atoms with Crippen LogP contribution in [0.25, 0.3) is 5.78 Å². The SMILES string of the molecule is Cc1cc(C2CN(C(=O)c3cc(C(F)(F)F)cc(C(F)(F)F)c3)CC(F)(F)C2)n2ncnc2n1. The molecular formula is C20H15F8N5O. The van der Waals surface area contributed by atoms with Crippen LogP contribution >= 0.6 is 0 Å². The van der Waals surface area contributed by atoms with E-state index in [9.17, 15) is 39.9 Å². The molecule has 1 amide bonds. The molecule has 0 bridgehead atoms. The molecule has 1 unspecified atom stereocenters. The van der Waals surface area contributed by atoms with E-state index in [0.29, 0.717) is 10.6 Å². The molecule has 1 aromatic carbocycles. The van der Waals surface area contributed by atoms with Crippen LogP contribution in [0.2, 0.25) is 0 Å². The summed E-state index contributed by atoms with van der Waals surface area (Å²) in [5.74, 6) is -5.75. The molecule has 2 aromatic heterocycles. The maximum Gasteiger partial charge on any atom is 0.416 e. The predicted molar refractivity (Wildman–Crippen MR) is 100 cm³/mol. The molecule has 3 aromatic rings. The average molecular weight is 493 g/mol. The van der Waals surface area contributed by atoms with Gasteiger partial charge in [-0.15, -0.1) is 0 Å². The number of aromatic nitrogens is 4. The Morgan fingerprint density at radius 3 is 2.24 bits per heavy atom. The largest absolute Gasteiger partial charge is 0.416 e. The minimum absolute atomic E-state index is 0.120. The van der Waals surface area contributed by atoms with Crippen LogP contribution in [0.5, 0.6) is 0 Å². The Morgan fingerprint density at radius 2 is 1.65 bits per heavy atom. The number of nitrogens with zero attached hydrogens (tertiary/aromatic N) is 5. The Morgan fingerprint density at radius 1 is 1.03 bits per heavy atom. The van der Waals surface area contributed by atoms with Crippen molar-refractivity contribution in [3.8, 4) is 0 Å². The van der Waals surface area contributed by atoms with Crippen LogP contribution in [-0.2, 0) is 12.4 Å². The van der Waals surface area contributed by atoms with Gasteiger partial charge < -0.3 is 4.90 Å². The lowest BCUT2D eigenvalue weighted by Crippen LogP contribution is -2.49. The summed E-state index contributed by atoms with van der Waals surface area (Å²) in [7, 11) is 0. The molecule has 14 heteroatoms. The van der Waals surface area contributed by atoms with Crippen LogP contribution in [0, 0.1) is 6.92 Å². The zero-order chi connectivity index (χ0) is 25.1. The van der Waals surface area contributed by atoms with E-state index in [1.54, 1.807) is 6.92 Å². The Kier molecular flexibility index (Phi) is 5.52. The van der Waals surface area contributed by atoms with E-state index in [1.165, 1.54) is 10.6 Å². The zero-order valence-electron chi connectivity index (χ0n) is 17.3. The maximum atomic E-state index is 14.6. The fourth-order valence-corrected chi connectivity index (χ4v) is 3.96. The first-order valence-electron chi connectivity index (χ1n) is 9.78. The predicted octanol–water partition coefficient (Wildman–Crippen LogP) is 4.74. The van der Waals surface area contributed by atoms with Gasteiger partial charge in [-0.05, 0) is 31.2 Å². The molecule has 0 radical (unpaired) electrons. The molecular weight excluding hydrogens is 478 g/mol. The monoisotopic (exact) mass is 493 g/mol. The fourth-order valence-electron chi connectivity index (χ4n) is 3.96. The summed E-state index contributed by atoms with van der Waals surface area (Å²) in [6, 6.07) is 1.78. The number of hydrogen-bond donors (Lipinski definition) is 0. The van der Waals surface area contributed by atoms with E-state index < -0.39 is 59.8 Å². The third-order valence-corrected chi connectivity index (χ3v) is 5.36. The molecule has 1 aliphatic rings. The number of likely N-dealkylation sites (tertiary alicyclic amines) is 1. The molecule has 4 rings (SSSR count). The lowest BCUT2D eigenvalue weighted by Gasteiger charge is -2.38. The third-order valence-electron chi connectivity index (χ3n) is 5.36. The number of aryl methyl sites for hydroxylation is 1. The van der Waals surface area contributed by atoms with Gasteiger partial charge in [-0.2, -0.15) is 36.4 Å². The molecule has 6 nitrogen and oxygen atoms in total. The van der Waals surface area contributed by atoms with E-state index in [2.05, 4.69) is 15.1 Å². The first-order chi connectivity index (χ1) is 15.6. The van der Waals surface area contributed by atoms with Crippen molar-refractivity contribution in [3.05, 3.63) is 58.7 Å². The lowest BCUT2D eigenvalue weighted by atomic mass is 9.91. The molecule has 0 spiro atoms. The molecule has 0 saturated carbocycles. The van der Waals surface area contributed by atoms with Crippen molar-refractivity contribution in [3.63, 3.8) is 0 Å². The molecule has 1 fully saturated rings. The van der Waals surface area contributed by atoms with Crippen molar-refractivity contribution in [1.29, 1.82) is 0 Å². The summed E-state index contributed by atoms with van der Waals surface area (Å²) < 4.78 is 109. The highest BCUT2D eigenvalue weighted by Crippen LogP contribution is 2.39. The smallest absolute Gasteiger partial charge is 0.332 e. The number of rotatable bonds is 2. The molecule has 1 atom stereocenters. The van der Waals surface area contributed by atoms with E-state index in [4.69, 9.17) is 0 Å². The maximum absolute atomic E-state index is 14.6. The summed E-state index contributed by atoms with van der Waals surface area (Å²) in [6.45, 7) is 0.0400. The number of benzene rings is 1. The second-order valence-corrected chi connectivity index (χ2v) is 8.03. The highest BCUT2D eigenvalue weighted by molar-refractivity contribution is 5.95. The summed E-state index contributed by atoms with van der Waals surface area (Å²) in [6.07, 6.45) is -9.93. The Hall–Kier alpha value is -3.32. The third kappa shape index (κ3) is 4.66. The molecule has 34 heavy (non-hydrogen) atoms. The van der Waals surface area contributed by atoms with Crippen molar-refractivity contribution in [1.82, 2.24) is 24.5 Å². The van der Waals surface area contributed by atoms with Crippen molar-refractivity contribution >= 4 is 11.7 Å². The van der Waals surface area contributed by atoms with Gasteiger partial charge in [0.05, 0.1) is 23.4 Å². The lowest BCUT2D eigenvalue weighted by molar-refractivity contribution is -0.143. The number of fused-ring (bicyclic) bond motifs is 1. The van der Waals surface area contributed by atoms with Gasteiger partial charge in [-0.25, -0.2) is 18.3 Å². The van der Waals surface area contributed by atoms with Crippen LogP contribution in [0.15, 0.2) is 30.6 Å². The standard InChI is InChI=1S/C20H15F8N5O/c1-10-2-15(33-17(31-10)29-9-30-33)12-6-18(21,22)8-32(7-12)16(34)11-3-13(19(23,24)25)5-14(4-11)20(26,27)28/h2-5,9,12H,6-8H2,1H3. The highest BCUT2D eigenvalue weighted by atomic mass is 19.4. The van der Waals surface area contributed by atoms with Crippen molar-refractivity contribution in [2.24, 2.45) is 0 Å². The second kappa shape index (κ2) is 7.87. The fraction of sp³-hybridized carbons (Fsp3) is 0.400. The molecule has 0 aliphatic carbocycles. The minimum Gasteiger partial charge on any atom is -0.332 e. The molecule has 0 N–H and O–H groups in total. The van der Waals surface area contributed by atoms with Crippen molar-refractivity contribution in [2.45, 2.75) is 37.5 Å². The van der Waals surface area contributed by atoms with Gasteiger partial charge in [0, 0.05) is 30.1 Å². The van der Waals surface area contributed by atoms with Crippen molar-refractivity contribution in [2.75, 3.05) is 13.1 Å². The molecule has 182 valence electrons. The Balaban J connectivity index is 1.74. The number of carbonyl (C=O) groups is 1. The Labute approximate surface area is 186 Å². The van der Waals surface area contributed by atoms with Crippen LogP contribution in [0.3, 0.4) is 0 Å². The van der Waals surface area contributed by atoms with Gasteiger partial charge in [0.2, 0.25) is 0 Å². The summed E-state index contributed by atoms with van der Waals surface area (Å²) in [4.78, 5) is 21.5. The highest BCUT2D eigenvalue weighted by Gasteiger charge is 2.44. The van der Waals surface area contributed by atoms with E-state index >= 15 is 0 Å². The number of carbonyl (C=O) groups excluding carboxylic acids is 1. The van der Waals surface area contributed by atoms with E-state index in [-0.39, 0.29) is 36.2 Å². The first-order valence-corrected chi connectivity index (χ1v) is 9.78. The number of alkyl halides is 8. The van der Waals surface area contributed by atoms with Crippen LogP contribution in [-0.4, -0.2) is 49.4 Å². The van der Waals surface area contributed by atoms with Gasteiger partial charge in [-0.1, -0.05) is 0 Å². The quantitative estimate of drug-likeness (QED) is 0.484. The first kappa shape index (κ1) is 23.8. The van der Waals surface area contributed by atoms with Gasteiger partial charge in [0.1, 0.15) is 6.33 Å². The normalized spacial score (nSPS) is 19.0. The summed E-state index contributed by atoms with van der Waals surface area (Å²) in [5, 5.41) is 3.93. The average Bonchev–Trinajstić information content (AvgIpc) is 3.18. The summed E-state index contributed by atoms with van der Waals surface area (Å²) >= 11 is 0. The van der Waals surface area contributed by atoms with Gasteiger partial charge in [-0.3, -0.25) is 4.79 Å². The number of piperidine rings is 1. The molecule has 3 heterocycles. The molecule has 1 aliphatic heterocycles. The summed E-state index contributed by atoms with van der Waals surface area (Å²) in [5.41, 5.74) is -3.75. The zero-order valence-corrected chi connectivity index (χ0v) is 17.3. The number of hydrogen-bond acceptors (Lipinski definition) is 4. The van der Waals surface area contributed by atoms with Crippen LogP contribution in [0.4, 0.5) is 35.1 Å². The number of amides is 1. The van der Waals surface area contributed by atoms with E-state index in [1.807, 2.05) is 0 Å². The topological polar surface area (TPSA) is 63.4 Å². The van der Waals surface area contributed by atoms with Crippen LogP contribution in [0.1, 0.15) is 45.2 Å². The van der Waals surface area contributed by atoms with Crippen molar-refractivity contribution < 1.29 is 39.9 Å². The minimum atomic E-state index is -5.18. The van der Waals surface area contributed by atoms with Gasteiger partial charge in [0.25, 0.3) is 17.6 Å². The molecule has 1 saturated heterocycles.